The molecular weight excluding hydrogens is 466 g/mol. The Morgan fingerprint density at radius 3 is 2.81 bits per heavy atom. The largest absolute Gasteiger partial charge is 0.376 e. The van der Waals surface area contributed by atoms with Crippen LogP contribution in [0.25, 0.3) is 0 Å². The maximum Gasteiger partial charge on any atom is 0.242 e. The van der Waals surface area contributed by atoms with Crippen LogP contribution in [0.1, 0.15) is 29.7 Å². The summed E-state index contributed by atoms with van der Waals surface area (Å²) < 4.78 is 0.934. The Kier molecular flexibility index (Phi) is 7.81. The van der Waals surface area contributed by atoms with Crippen molar-refractivity contribution in [2.75, 3.05) is 52.1 Å². The number of pyridine rings is 1. The number of amides is 1. The molecule has 2 heterocycles. The number of aromatic nitrogens is 1. The Morgan fingerprint density at radius 2 is 2.06 bits per heavy atom. The molecular formula is C25H34BrN5O. The van der Waals surface area contributed by atoms with Crippen molar-refractivity contribution in [2.45, 2.75) is 32.4 Å². The van der Waals surface area contributed by atoms with Crippen LogP contribution in [0.15, 0.2) is 41.0 Å². The zero-order valence-electron chi connectivity index (χ0n) is 19.2. The molecule has 0 atom stereocenters. The lowest BCUT2D eigenvalue weighted by atomic mass is 9.97. The van der Waals surface area contributed by atoms with Crippen molar-refractivity contribution in [1.29, 1.82) is 0 Å². The SMILES string of the molecule is CN(C)CCN(Cc1ncccc1Br)C(=O)CNc1cccc2c1CN(CC1CC1)CC2. The average Bonchev–Trinajstić information content (AvgIpc) is 3.60. The summed E-state index contributed by atoms with van der Waals surface area (Å²) in [6.07, 6.45) is 5.63. The van der Waals surface area contributed by atoms with Gasteiger partial charge in [0, 0.05) is 49.1 Å². The van der Waals surface area contributed by atoms with Gasteiger partial charge in [-0.25, -0.2) is 0 Å². The second-order valence-electron chi connectivity index (χ2n) is 9.28. The summed E-state index contributed by atoms with van der Waals surface area (Å²) in [5.41, 5.74) is 4.76. The van der Waals surface area contributed by atoms with E-state index in [1.165, 1.54) is 30.5 Å². The van der Waals surface area contributed by atoms with E-state index in [2.05, 4.69) is 54.2 Å². The summed E-state index contributed by atoms with van der Waals surface area (Å²) in [6.45, 7) is 5.60. The molecule has 0 bridgehead atoms. The second kappa shape index (κ2) is 10.8. The molecule has 1 saturated carbocycles. The van der Waals surface area contributed by atoms with Crippen molar-refractivity contribution in [3.05, 3.63) is 57.8 Å². The third-order valence-corrected chi connectivity index (χ3v) is 7.06. The molecule has 2 aromatic rings. The molecule has 1 amide bonds. The highest BCUT2D eigenvalue weighted by Crippen LogP contribution is 2.33. The normalized spacial score (nSPS) is 16.1. The molecule has 0 spiro atoms. The molecule has 4 rings (SSSR count). The number of hydrogen-bond acceptors (Lipinski definition) is 5. The van der Waals surface area contributed by atoms with Crippen molar-refractivity contribution in [2.24, 2.45) is 5.92 Å². The molecule has 172 valence electrons. The van der Waals surface area contributed by atoms with Crippen LogP contribution in [0.5, 0.6) is 0 Å². The fourth-order valence-corrected chi connectivity index (χ4v) is 4.62. The topological polar surface area (TPSA) is 51.7 Å². The van der Waals surface area contributed by atoms with E-state index in [0.29, 0.717) is 13.1 Å². The maximum absolute atomic E-state index is 13.2. The number of anilines is 1. The first-order valence-corrected chi connectivity index (χ1v) is 12.4. The Labute approximate surface area is 200 Å². The van der Waals surface area contributed by atoms with Gasteiger partial charge in [-0.15, -0.1) is 0 Å². The van der Waals surface area contributed by atoms with Gasteiger partial charge in [0.25, 0.3) is 0 Å². The van der Waals surface area contributed by atoms with Crippen molar-refractivity contribution in [3.8, 4) is 0 Å². The van der Waals surface area contributed by atoms with Gasteiger partial charge in [-0.1, -0.05) is 12.1 Å². The summed E-state index contributed by atoms with van der Waals surface area (Å²) in [5.74, 6) is 0.988. The quantitative estimate of drug-likeness (QED) is 0.540. The van der Waals surface area contributed by atoms with Gasteiger partial charge in [0.1, 0.15) is 0 Å². The number of hydrogen-bond donors (Lipinski definition) is 1. The summed E-state index contributed by atoms with van der Waals surface area (Å²) in [4.78, 5) is 24.3. The van der Waals surface area contributed by atoms with Gasteiger partial charge in [-0.3, -0.25) is 14.7 Å². The van der Waals surface area contributed by atoms with E-state index in [1.807, 2.05) is 31.1 Å². The second-order valence-corrected chi connectivity index (χ2v) is 10.1. The van der Waals surface area contributed by atoms with Crippen LogP contribution in [-0.4, -0.2) is 72.4 Å². The van der Waals surface area contributed by atoms with E-state index >= 15 is 0 Å². The lowest BCUT2D eigenvalue weighted by molar-refractivity contribution is -0.130. The van der Waals surface area contributed by atoms with Crippen LogP contribution < -0.4 is 5.32 Å². The highest BCUT2D eigenvalue weighted by molar-refractivity contribution is 9.10. The van der Waals surface area contributed by atoms with E-state index in [4.69, 9.17) is 0 Å². The third-order valence-electron chi connectivity index (χ3n) is 6.34. The van der Waals surface area contributed by atoms with E-state index in [1.54, 1.807) is 6.20 Å². The summed E-state index contributed by atoms with van der Waals surface area (Å²) in [6, 6.07) is 10.3. The van der Waals surface area contributed by atoms with Gasteiger partial charge in [0.2, 0.25) is 5.91 Å². The summed E-state index contributed by atoms with van der Waals surface area (Å²) in [7, 11) is 4.06. The van der Waals surface area contributed by atoms with E-state index in [-0.39, 0.29) is 12.5 Å². The van der Waals surface area contributed by atoms with E-state index in [0.717, 1.165) is 47.8 Å². The van der Waals surface area contributed by atoms with E-state index in [9.17, 15) is 4.79 Å². The number of rotatable bonds is 10. The highest BCUT2D eigenvalue weighted by Gasteiger charge is 2.27. The molecule has 6 nitrogen and oxygen atoms in total. The molecule has 1 aliphatic heterocycles. The Balaban J connectivity index is 1.42. The first kappa shape index (κ1) is 23.2. The van der Waals surface area contributed by atoms with Crippen LogP contribution in [0.2, 0.25) is 0 Å². The monoisotopic (exact) mass is 499 g/mol. The van der Waals surface area contributed by atoms with Crippen LogP contribution in [-0.2, 0) is 24.3 Å². The molecule has 0 unspecified atom stereocenters. The van der Waals surface area contributed by atoms with Gasteiger partial charge in [0.05, 0.1) is 18.8 Å². The Bertz CT molecular complexity index is 930. The number of nitrogens with one attached hydrogen (secondary N) is 1. The molecule has 1 fully saturated rings. The molecule has 1 aromatic heterocycles. The van der Waals surface area contributed by atoms with Gasteiger partial charge < -0.3 is 15.1 Å². The minimum absolute atomic E-state index is 0.0904. The predicted octanol–water partition coefficient (Wildman–Crippen LogP) is 3.61. The van der Waals surface area contributed by atoms with Crippen LogP contribution in [0.3, 0.4) is 0 Å². The number of benzene rings is 1. The number of nitrogens with zero attached hydrogens (tertiary/aromatic N) is 4. The summed E-state index contributed by atoms with van der Waals surface area (Å²) in [5, 5.41) is 3.47. The maximum atomic E-state index is 13.2. The predicted molar refractivity (Wildman–Crippen MR) is 133 cm³/mol. The molecule has 32 heavy (non-hydrogen) atoms. The molecule has 1 N–H and O–H groups in total. The zero-order valence-corrected chi connectivity index (χ0v) is 20.8. The van der Waals surface area contributed by atoms with Gasteiger partial charge in [0.15, 0.2) is 0 Å². The number of carbonyl (C=O) groups is 1. The fraction of sp³-hybridized carbons (Fsp3) is 0.520. The first-order valence-electron chi connectivity index (χ1n) is 11.6. The Hall–Kier alpha value is -1.96. The molecule has 2 aliphatic rings. The Morgan fingerprint density at radius 1 is 1.22 bits per heavy atom. The van der Waals surface area contributed by atoms with Crippen LogP contribution >= 0.6 is 15.9 Å². The smallest absolute Gasteiger partial charge is 0.242 e. The molecule has 0 saturated heterocycles. The number of halogens is 1. The van der Waals surface area contributed by atoms with E-state index < -0.39 is 0 Å². The van der Waals surface area contributed by atoms with Crippen molar-refractivity contribution >= 4 is 27.5 Å². The number of fused-ring (bicyclic) bond motifs is 1. The first-order chi connectivity index (χ1) is 15.5. The number of likely N-dealkylation sites (N-methyl/N-ethyl adjacent to an activating group) is 1. The zero-order chi connectivity index (χ0) is 22.5. The van der Waals surface area contributed by atoms with Crippen LogP contribution in [0, 0.1) is 5.92 Å². The number of carbonyl (C=O) groups excluding carboxylic acids is 1. The minimum atomic E-state index is 0.0904. The lowest BCUT2D eigenvalue weighted by Crippen LogP contribution is -2.40. The lowest BCUT2D eigenvalue weighted by Gasteiger charge is -2.31. The minimum Gasteiger partial charge on any atom is -0.376 e. The van der Waals surface area contributed by atoms with Crippen molar-refractivity contribution < 1.29 is 4.79 Å². The standard InChI is InChI=1S/C25H34BrN5O/c1-29(2)13-14-31(18-24-22(26)6-4-11-27-24)25(32)15-28-23-7-3-5-20-10-12-30(17-21(20)23)16-19-8-9-19/h3-7,11,19,28H,8-10,12-18H2,1-2H3. The molecule has 1 aromatic carbocycles. The molecule has 7 heteroatoms. The molecule has 0 radical (unpaired) electrons. The third kappa shape index (κ3) is 6.30. The average molecular weight is 500 g/mol. The highest BCUT2D eigenvalue weighted by atomic mass is 79.9. The van der Waals surface area contributed by atoms with Gasteiger partial charge in [-0.2, -0.15) is 0 Å². The van der Waals surface area contributed by atoms with Gasteiger partial charge in [-0.05, 0) is 84.5 Å². The summed E-state index contributed by atoms with van der Waals surface area (Å²) >= 11 is 3.57. The van der Waals surface area contributed by atoms with Crippen molar-refractivity contribution in [1.82, 2.24) is 19.7 Å². The van der Waals surface area contributed by atoms with Gasteiger partial charge >= 0.3 is 0 Å². The van der Waals surface area contributed by atoms with Crippen LogP contribution in [0.4, 0.5) is 5.69 Å². The fourth-order valence-electron chi connectivity index (χ4n) is 4.23. The van der Waals surface area contributed by atoms with Crippen molar-refractivity contribution in [3.63, 3.8) is 0 Å². The molecule has 1 aliphatic carbocycles.